The van der Waals surface area contributed by atoms with Gasteiger partial charge in [0, 0.05) is 13.0 Å². The minimum Gasteiger partial charge on any atom is -0.486 e. The van der Waals surface area contributed by atoms with Gasteiger partial charge in [0.15, 0.2) is 23.4 Å². The first-order chi connectivity index (χ1) is 12.6. The number of fused-ring (bicyclic) bond motifs is 1. The van der Waals surface area contributed by atoms with Crippen LogP contribution < -0.4 is 15.3 Å². The standard InChI is InChI=1S/C17H21N5O3S/c1-21(8-12-9-24-13-4-2-3-5-14(13)25-12)15(23)10-26-17-20-19-16(22(17)18)11-6-7-11/h2-5,11-12H,6-10,18H2,1H3/t12-/m1/s1. The number of aromatic nitrogens is 3. The zero-order chi connectivity index (χ0) is 18.1. The van der Waals surface area contributed by atoms with Gasteiger partial charge in [-0.2, -0.15) is 0 Å². The fraction of sp³-hybridized carbons (Fsp3) is 0.471. The van der Waals surface area contributed by atoms with Gasteiger partial charge >= 0.3 is 0 Å². The van der Waals surface area contributed by atoms with Crippen LogP contribution in [0.4, 0.5) is 0 Å². The molecular formula is C17H21N5O3S. The number of rotatable bonds is 6. The Labute approximate surface area is 155 Å². The highest BCUT2D eigenvalue weighted by Crippen LogP contribution is 2.39. The number of hydrogen-bond donors (Lipinski definition) is 1. The van der Waals surface area contributed by atoms with Crippen molar-refractivity contribution >= 4 is 17.7 Å². The number of nitrogens with two attached hydrogens (primary N) is 1. The number of carbonyl (C=O) groups excluding carboxylic acids is 1. The van der Waals surface area contributed by atoms with Crippen molar-refractivity contribution in [2.24, 2.45) is 0 Å². The maximum atomic E-state index is 12.4. The summed E-state index contributed by atoms with van der Waals surface area (Å²) in [6.45, 7) is 0.875. The first kappa shape index (κ1) is 17.0. The van der Waals surface area contributed by atoms with Gasteiger partial charge in [0.25, 0.3) is 0 Å². The third kappa shape index (κ3) is 3.57. The molecule has 1 aromatic heterocycles. The first-order valence-corrected chi connectivity index (χ1v) is 9.56. The first-order valence-electron chi connectivity index (χ1n) is 8.57. The van der Waals surface area contributed by atoms with E-state index in [0.717, 1.165) is 24.4 Å². The van der Waals surface area contributed by atoms with E-state index in [9.17, 15) is 4.79 Å². The third-order valence-corrected chi connectivity index (χ3v) is 5.36. The maximum absolute atomic E-state index is 12.4. The summed E-state index contributed by atoms with van der Waals surface area (Å²) in [5.41, 5.74) is 0. The molecule has 1 aliphatic heterocycles. The highest BCUT2D eigenvalue weighted by atomic mass is 32.2. The number of carbonyl (C=O) groups is 1. The maximum Gasteiger partial charge on any atom is 0.232 e. The summed E-state index contributed by atoms with van der Waals surface area (Å²) in [6, 6.07) is 7.54. The molecule has 2 heterocycles. The van der Waals surface area contributed by atoms with Crippen LogP contribution in [0.15, 0.2) is 29.4 Å². The number of ether oxygens (including phenoxy) is 2. The van der Waals surface area contributed by atoms with Crippen LogP contribution in [0.1, 0.15) is 24.6 Å². The van der Waals surface area contributed by atoms with Gasteiger partial charge in [-0.1, -0.05) is 23.9 Å². The van der Waals surface area contributed by atoms with Crippen LogP contribution in [0.25, 0.3) is 0 Å². The molecule has 0 unspecified atom stereocenters. The van der Waals surface area contributed by atoms with Crippen molar-refractivity contribution < 1.29 is 14.3 Å². The number of nitrogens with zero attached hydrogens (tertiary/aromatic N) is 4. The second-order valence-corrected chi connectivity index (χ2v) is 7.49. The molecule has 2 aromatic rings. The second kappa shape index (κ2) is 7.06. The zero-order valence-electron chi connectivity index (χ0n) is 14.5. The molecule has 4 rings (SSSR count). The fourth-order valence-electron chi connectivity index (χ4n) is 2.80. The Morgan fingerprint density at radius 3 is 2.88 bits per heavy atom. The molecule has 1 aliphatic carbocycles. The Hall–Kier alpha value is -2.42. The van der Waals surface area contributed by atoms with Gasteiger partial charge in [-0.3, -0.25) is 4.79 Å². The third-order valence-electron chi connectivity index (χ3n) is 4.43. The molecule has 1 aromatic carbocycles. The fourth-order valence-corrected chi connectivity index (χ4v) is 3.61. The van der Waals surface area contributed by atoms with Crippen LogP contribution in [0.2, 0.25) is 0 Å². The van der Waals surface area contributed by atoms with Crippen LogP contribution >= 0.6 is 11.8 Å². The van der Waals surface area contributed by atoms with E-state index in [1.165, 1.54) is 16.4 Å². The number of benzene rings is 1. The van der Waals surface area contributed by atoms with Gasteiger partial charge in [-0.25, -0.2) is 4.68 Å². The Morgan fingerprint density at radius 1 is 1.35 bits per heavy atom. The van der Waals surface area contributed by atoms with E-state index in [1.807, 2.05) is 24.3 Å². The van der Waals surface area contributed by atoms with Crippen LogP contribution in [0, 0.1) is 0 Å². The Balaban J connectivity index is 1.28. The minimum atomic E-state index is -0.191. The van der Waals surface area contributed by atoms with E-state index in [4.69, 9.17) is 15.3 Å². The quantitative estimate of drug-likeness (QED) is 0.600. The van der Waals surface area contributed by atoms with E-state index < -0.39 is 0 Å². The highest BCUT2D eigenvalue weighted by molar-refractivity contribution is 7.99. The molecule has 1 amide bonds. The smallest absolute Gasteiger partial charge is 0.232 e. The number of amides is 1. The summed E-state index contributed by atoms with van der Waals surface area (Å²) >= 11 is 1.30. The molecule has 26 heavy (non-hydrogen) atoms. The summed E-state index contributed by atoms with van der Waals surface area (Å²) in [6.07, 6.45) is 2.02. The predicted molar refractivity (Wildman–Crippen MR) is 96.9 cm³/mol. The number of para-hydroxylation sites is 2. The average Bonchev–Trinajstić information content (AvgIpc) is 3.43. The Kier molecular flexibility index (Phi) is 4.62. The predicted octanol–water partition coefficient (Wildman–Crippen LogP) is 1.26. The summed E-state index contributed by atoms with van der Waals surface area (Å²) in [7, 11) is 1.76. The van der Waals surface area contributed by atoms with E-state index in [2.05, 4.69) is 10.2 Å². The van der Waals surface area contributed by atoms with Crippen molar-refractivity contribution in [1.82, 2.24) is 19.8 Å². The van der Waals surface area contributed by atoms with Crippen molar-refractivity contribution in [1.29, 1.82) is 0 Å². The lowest BCUT2D eigenvalue weighted by Gasteiger charge is -2.29. The summed E-state index contributed by atoms with van der Waals surface area (Å²) in [4.78, 5) is 14.1. The molecule has 1 atom stereocenters. The summed E-state index contributed by atoms with van der Waals surface area (Å²) in [5, 5.41) is 8.77. The molecule has 9 heteroatoms. The lowest BCUT2D eigenvalue weighted by molar-refractivity contribution is -0.128. The molecule has 0 spiro atoms. The van der Waals surface area contributed by atoms with Gasteiger partial charge in [-0.05, 0) is 25.0 Å². The van der Waals surface area contributed by atoms with Gasteiger partial charge in [0.1, 0.15) is 6.61 Å². The lowest BCUT2D eigenvalue weighted by atomic mass is 10.2. The van der Waals surface area contributed by atoms with Crippen molar-refractivity contribution in [3.8, 4) is 11.5 Å². The van der Waals surface area contributed by atoms with Crippen LogP contribution in [-0.2, 0) is 4.79 Å². The Morgan fingerprint density at radius 2 is 2.12 bits per heavy atom. The van der Waals surface area contributed by atoms with Crippen LogP contribution in [0.5, 0.6) is 11.5 Å². The van der Waals surface area contributed by atoms with Crippen molar-refractivity contribution in [3.63, 3.8) is 0 Å². The average molecular weight is 375 g/mol. The van der Waals surface area contributed by atoms with E-state index in [1.54, 1.807) is 11.9 Å². The van der Waals surface area contributed by atoms with Crippen LogP contribution in [0.3, 0.4) is 0 Å². The topological polar surface area (TPSA) is 95.5 Å². The second-order valence-electron chi connectivity index (χ2n) is 6.55. The van der Waals surface area contributed by atoms with E-state index >= 15 is 0 Å². The minimum absolute atomic E-state index is 0.0200. The van der Waals surface area contributed by atoms with Crippen molar-refractivity contribution in [3.05, 3.63) is 30.1 Å². The normalized spacial score (nSPS) is 18.6. The number of likely N-dealkylation sites (N-methyl/N-ethyl adjacent to an activating group) is 1. The van der Waals surface area contributed by atoms with Gasteiger partial charge in [-0.15, -0.1) is 10.2 Å². The van der Waals surface area contributed by atoms with Gasteiger partial charge in [0.2, 0.25) is 11.1 Å². The number of thioether (sulfide) groups is 1. The molecule has 0 saturated heterocycles. The molecule has 138 valence electrons. The SMILES string of the molecule is CN(C[C@@H]1COc2ccccc2O1)C(=O)CSc1nnc(C2CC2)n1N. The molecule has 0 radical (unpaired) electrons. The van der Waals surface area contributed by atoms with Crippen molar-refractivity contribution in [2.45, 2.75) is 30.0 Å². The largest absolute Gasteiger partial charge is 0.486 e. The Bertz CT molecular complexity index is 807. The lowest BCUT2D eigenvalue weighted by Crippen LogP contribution is -2.42. The van der Waals surface area contributed by atoms with Gasteiger partial charge < -0.3 is 20.2 Å². The number of nitrogen functional groups attached to an aromatic ring is 1. The van der Waals surface area contributed by atoms with E-state index in [0.29, 0.717) is 30.0 Å². The molecule has 0 bridgehead atoms. The zero-order valence-corrected chi connectivity index (χ0v) is 15.3. The molecule has 2 aliphatic rings. The summed E-state index contributed by atoms with van der Waals surface area (Å²) < 4.78 is 13.1. The molecule has 8 nitrogen and oxygen atoms in total. The molecular weight excluding hydrogens is 354 g/mol. The molecule has 1 saturated carbocycles. The summed E-state index contributed by atoms with van der Waals surface area (Å²) in [5.74, 6) is 8.92. The highest BCUT2D eigenvalue weighted by Gasteiger charge is 2.30. The van der Waals surface area contributed by atoms with E-state index in [-0.39, 0.29) is 17.8 Å². The molecule has 2 N–H and O–H groups in total. The monoisotopic (exact) mass is 375 g/mol. The van der Waals surface area contributed by atoms with Gasteiger partial charge in [0.05, 0.1) is 12.3 Å². The van der Waals surface area contributed by atoms with Crippen molar-refractivity contribution in [2.75, 3.05) is 31.8 Å². The van der Waals surface area contributed by atoms with Crippen LogP contribution in [-0.4, -0.2) is 57.7 Å². The number of hydrogen-bond acceptors (Lipinski definition) is 7. The molecule has 1 fully saturated rings.